The van der Waals surface area contributed by atoms with Crippen LogP contribution in [0.5, 0.6) is 0 Å². The first-order valence-electron chi connectivity index (χ1n) is 10.9. The van der Waals surface area contributed by atoms with Crippen molar-refractivity contribution in [2.45, 2.75) is 50.2 Å². The van der Waals surface area contributed by atoms with Gasteiger partial charge < -0.3 is 19.6 Å². The molecule has 31 heavy (non-hydrogen) atoms. The third-order valence-electron chi connectivity index (χ3n) is 6.87. The summed E-state index contributed by atoms with van der Waals surface area (Å²) in [5.74, 6) is -0.204. The lowest BCUT2D eigenvalue weighted by Gasteiger charge is -2.37. The van der Waals surface area contributed by atoms with Gasteiger partial charge in [0.1, 0.15) is 5.54 Å². The number of likely N-dealkylation sites (tertiary alicyclic amines) is 1. The van der Waals surface area contributed by atoms with Crippen molar-refractivity contribution in [2.75, 3.05) is 44.3 Å². The highest BCUT2D eigenvalue weighted by Crippen LogP contribution is 2.40. The Kier molecular flexibility index (Phi) is 6.52. The van der Waals surface area contributed by atoms with E-state index in [1.165, 1.54) is 4.90 Å². The van der Waals surface area contributed by atoms with Gasteiger partial charge in [0.15, 0.2) is 0 Å². The van der Waals surface area contributed by atoms with Crippen molar-refractivity contribution in [2.24, 2.45) is 0 Å². The van der Waals surface area contributed by atoms with Crippen LogP contribution in [0.3, 0.4) is 0 Å². The van der Waals surface area contributed by atoms with Gasteiger partial charge in [0.25, 0.3) is 5.91 Å². The van der Waals surface area contributed by atoms with Gasteiger partial charge in [-0.2, -0.15) is 0 Å². The summed E-state index contributed by atoms with van der Waals surface area (Å²) in [6.07, 6.45) is 3.16. The first-order valence-corrected chi connectivity index (χ1v) is 11.7. The summed E-state index contributed by atoms with van der Waals surface area (Å²) in [6, 6.07) is 4.50. The Morgan fingerprint density at radius 1 is 1.06 bits per heavy atom. The zero-order valence-corrected chi connectivity index (χ0v) is 19.3. The van der Waals surface area contributed by atoms with E-state index >= 15 is 0 Å². The molecule has 0 unspecified atom stereocenters. The molecule has 1 aromatic carbocycles. The molecule has 7 nitrogen and oxygen atoms in total. The number of aliphatic hydroxyl groups is 1. The first kappa shape index (κ1) is 22.8. The fourth-order valence-corrected chi connectivity index (χ4v) is 5.44. The molecule has 3 aliphatic rings. The molecule has 3 fully saturated rings. The van der Waals surface area contributed by atoms with E-state index in [9.17, 15) is 14.7 Å². The molecular weight excluding hydrogens is 441 g/mol. The molecule has 3 heterocycles. The van der Waals surface area contributed by atoms with Crippen LogP contribution < -0.4 is 4.90 Å². The number of rotatable bonds is 4. The van der Waals surface area contributed by atoms with E-state index in [-0.39, 0.29) is 11.9 Å². The molecule has 170 valence electrons. The SMILES string of the molecule is CCN1C(=O)N(c2ccc(Cl)c(Cl)c2)C(=O)[C@@]12CCCN(CC1(O)CCOCC1)CC2. The molecule has 1 aromatic rings. The van der Waals surface area contributed by atoms with Crippen LogP contribution in [0, 0.1) is 0 Å². The number of carbonyl (C=O) groups is 2. The van der Waals surface area contributed by atoms with Crippen molar-refractivity contribution in [1.82, 2.24) is 9.80 Å². The molecule has 1 spiro atoms. The average molecular weight is 470 g/mol. The summed E-state index contributed by atoms with van der Waals surface area (Å²) >= 11 is 12.2. The van der Waals surface area contributed by atoms with Gasteiger partial charge in [-0.3, -0.25) is 4.79 Å². The highest BCUT2D eigenvalue weighted by Gasteiger charge is 2.57. The molecule has 3 amide bonds. The maximum Gasteiger partial charge on any atom is 0.332 e. The van der Waals surface area contributed by atoms with E-state index in [2.05, 4.69) is 4.90 Å². The number of hydrogen-bond acceptors (Lipinski definition) is 5. The summed E-state index contributed by atoms with van der Waals surface area (Å²) in [7, 11) is 0. The Morgan fingerprint density at radius 2 is 1.81 bits per heavy atom. The number of anilines is 1. The molecule has 3 aliphatic heterocycles. The van der Waals surface area contributed by atoms with Crippen LogP contribution in [0.4, 0.5) is 10.5 Å². The highest BCUT2D eigenvalue weighted by molar-refractivity contribution is 6.42. The Hall–Kier alpha value is -1.38. The summed E-state index contributed by atoms with van der Waals surface area (Å²) in [4.78, 5) is 32.1. The van der Waals surface area contributed by atoms with Gasteiger partial charge in [0.05, 0.1) is 21.3 Å². The van der Waals surface area contributed by atoms with Crippen LogP contribution in [0.2, 0.25) is 10.0 Å². The van der Waals surface area contributed by atoms with Gasteiger partial charge in [-0.15, -0.1) is 0 Å². The summed E-state index contributed by atoms with van der Waals surface area (Å²) in [6.45, 7) is 5.50. The molecule has 0 aliphatic carbocycles. The molecular formula is C22H29Cl2N3O4. The van der Waals surface area contributed by atoms with Crippen LogP contribution in [-0.2, 0) is 9.53 Å². The van der Waals surface area contributed by atoms with E-state index in [1.54, 1.807) is 23.1 Å². The van der Waals surface area contributed by atoms with E-state index in [4.69, 9.17) is 27.9 Å². The molecule has 1 N–H and O–H groups in total. The molecule has 3 saturated heterocycles. The molecule has 4 rings (SSSR count). The second kappa shape index (κ2) is 8.87. The largest absolute Gasteiger partial charge is 0.388 e. The number of nitrogens with zero attached hydrogens (tertiary/aromatic N) is 3. The van der Waals surface area contributed by atoms with Crippen LogP contribution in [0.25, 0.3) is 0 Å². The Bertz CT molecular complexity index is 861. The number of ether oxygens (including phenoxy) is 1. The molecule has 0 radical (unpaired) electrons. The quantitative estimate of drug-likeness (QED) is 0.682. The van der Waals surface area contributed by atoms with Gasteiger partial charge in [-0.1, -0.05) is 23.2 Å². The molecule has 0 aromatic heterocycles. The lowest BCUT2D eigenvalue weighted by molar-refractivity contribution is -0.125. The van der Waals surface area contributed by atoms with Gasteiger partial charge in [-0.05, 0) is 50.9 Å². The zero-order valence-electron chi connectivity index (χ0n) is 17.8. The standard InChI is InChI=1S/C22H29Cl2N3O4/c1-2-26-20(29)27(16-4-5-17(23)18(24)14-16)19(28)22(26)6-3-10-25(11-7-22)15-21(30)8-12-31-13-9-21/h4-5,14,30H,2-3,6-13,15H2,1H3/t22-/m0/s1. The third kappa shape index (κ3) is 4.18. The maximum atomic E-state index is 13.7. The molecule has 1 atom stereocenters. The number of halogens is 2. The van der Waals surface area contributed by atoms with Crippen molar-refractivity contribution in [3.05, 3.63) is 28.2 Å². The Morgan fingerprint density at radius 3 is 2.48 bits per heavy atom. The minimum absolute atomic E-state index is 0.204. The van der Waals surface area contributed by atoms with E-state index < -0.39 is 11.1 Å². The van der Waals surface area contributed by atoms with Gasteiger partial charge in [-0.25, -0.2) is 9.69 Å². The third-order valence-corrected chi connectivity index (χ3v) is 7.60. The average Bonchev–Trinajstić information content (AvgIpc) is 2.85. The highest BCUT2D eigenvalue weighted by atomic mass is 35.5. The number of urea groups is 1. The molecule has 0 saturated carbocycles. The Labute approximate surface area is 192 Å². The summed E-state index contributed by atoms with van der Waals surface area (Å²) in [5.41, 5.74) is -1.18. The van der Waals surface area contributed by atoms with Crippen molar-refractivity contribution >= 4 is 40.8 Å². The number of imide groups is 1. The second-order valence-corrected chi connectivity index (χ2v) is 9.58. The smallest absolute Gasteiger partial charge is 0.332 e. The lowest BCUT2D eigenvalue weighted by Crippen LogP contribution is -2.51. The normalized spacial score (nSPS) is 27.2. The first-order chi connectivity index (χ1) is 14.8. The summed E-state index contributed by atoms with van der Waals surface area (Å²) in [5, 5.41) is 11.6. The van der Waals surface area contributed by atoms with Crippen molar-refractivity contribution < 1.29 is 19.4 Å². The van der Waals surface area contributed by atoms with Crippen LogP contribution in [0.1, 0.15) is 39.0 Å². The van der Waals surface area contributed by atoms with Gasteiger partial charge in [0.2, 0.25) is 0 Å². The molecule has 9 heteroatoms. The number of hydrogen-bond donors (Lipinski definition) is 1. The molecule has 0 bridgehead atoms. The van der Waals surface area contributed by atoms with Crippen molar-refractivity contribution in [3.8, 4) is 0 Å². The van der Waals surface area contributed by atoms with Gasteiger partial charge in [0, 0.05) is 45.7 Å². The fourth-order valence-electron chi connectivity index (χ4n) is 5.15. The predicted molar refractivity (Wildman–Crippen MR) is 120 cm³/mol. The monoisotopic (exact) mass is 469 g/mol. The fraction of sp³-hybridized carbons (Fsp3) is 0.636. The van der Waals surface area contributed by atoms with Crippen LogP contribution in [-0.4, -0.2) is 77.4 Å². The number of carbonyl (C=O) groups excluding carboxylic acids is 2. The number of amides is 3. The lowest BCUT2D eigenvalue weighted by atomic mass is 9.88. The van der Waals surface area contributed by atoms with Crippen molar-refractivity contribution in [1.29, 1.82) is 0 Å². The van der Waals surface area contributed by atoms with E-state index in [1.807, 2.05) is 6.92 Å². The van der Waals surface area contributed by atoms with Crippen LogP contribution >= 0.6 is 23.2 Å². The topological polar surface area (TPSA) is 73.3 Å². The van der Waals surface area contributed by atoms with E-state index in [0.29, 0.717) is 74.3 Å². The number of benzene rings is 1. The van der Waals surface area contributed by atoms with E-state index in [0.717, 1.165) is 13.0 Å². The Balaban J connectivity index is 1.56. The van der Waals surface area contributed by atoms with Crippen LogP contribution in [0.15, 0.2) is 18.2 Å². The van der Waals surface area contributed by atoms with Gasteiger partial charge >= 0.3 is 6.03 Å². The minimum atomic E-state index is -0.870. The zero-order chi connectivity index (χ0) is 22.2. The second-order valence-electron chi connectivity index (χ2n) is 8.76. The maximum absolute atomic E-state index is 13.7. The summed E-state index contributed by atoms with van der Waals surface area (Å²) < 4.78 is 5.39. The predicted octanol–water partition coefficient (Wildman–Crippen LogP) is 3.55. The van der Waals surface area contributed by atoms with Crippen molar-refractivity contribution in [3.63, 3.8) is 0 Å². The minimum Gasteiger partial charge on any atom is -0.388 e. The number of likely N-dealkylation sites (N-methyl/N-ethyl adjacent to an activating group) is 1. The number of β-amino-alcohol motifs (C(OH)–C–C–N with tert-alkyl or cyclic N) is 1.